The molecule has 0 spiro atoms. The molecule has 0 aromatic carbocycles. The van der Waals surface area contributed by atoms with Gasteiger partial charge < -0.3 is 14.2 Å². The van der Waals surface area contributed by atoms with Gasteiger partial charge in [-0.3, -0.25) is 5.32 Å². The molecule has 0 fully saturated rings. The van der Waals surface area contributed by atoms with Crippen molar-refractivity contribution in [3.63, 3.8) is 0 Å². The molecule has 20 heavy (non-hydrogen) atoms. The quantitative estimate of drug-likeness (QED) is 0.841. The van der Waals surface area contributed by atoms with Gasteiger partial charge in [0.2, 0.25) is 0 Å². The number of amides is 1. The zero-order valence-corrected chi connectivity index (χ0v) is 12.0. The van der Waals surface area contributed by atoms with Gasteiger partial charge in [-0.1, -0.05) is 0 Å². The fraction of sp³-hybridized carbons (Fsp3) is 0.500. The number of methoxy groups -OCH3 is 2. The maximum absolute atomic E-state index is 11.7. The van der Waals surface area contributed by atoms with Crippen molar-refractivity contribution in [2.45, 2.75) is 26.4 Å². The van der Waals surface area contributed by atoms with Crippen LogP contribution in [-0.4, -0.2) is 42.1 Å². The monoisotopic (exact) mass is 283 g/mol. The van der Waals surface area contributed by atoms with Crippen LogP contribution in [0.4, 0.5) is 10.5 Å². The minimum absolute atomic E-state index is 0.0561. The standard InChI is InChI=1S/C12H17N3O5/c1-12(2,3)20-11(17)13-7-6-8(10(16)19-5)14-15-9(7)18-4/h6H,1-5H3,(H,13,14,17). The number of anilines is 1. The molecular weight excluding hydrogens is 266 g/mol. The number of aromatic nitrogens is 2. The Morgan fingerprint density at radius 3 is 2.35 bits per heavy atom. The van der Waals surface area contributed by atoms with Gasteiger partial charge in [0.1, 0.15) is 11.3 Å². The molecule has 0 aliphatic carbocycles. The maximum atomic E-state index is 11.7. The van der Waals surface area contributed by atoms with E-state index in [0.717, 1.165) is 0 Å². The summed E-state index contributed by atoms with van der Waals surface area (Å²) in [5.41, 5.74) is -0.542. The predicted molar refractivity (Wildman–Crippen MR) is 69.8 cm³/mol. The molecule has 110 valence electrons. The van der Waals surface area contributed by atoms with Crippen molar-refractivity contribution in [1.82, 2.24) is 10.2 Å². The third kappa shape index (κ3) is 4.38. The zero-order chi connectivity index (χ0) is 15.3. The van der Waals surface area contributed by atoms with Crippen molar-refractivity contribution >= 4 is 17.7 Å². The molecule has 0 bridgehead atoms. The number of ether oxygens (including phenoxy) is 3. The number of hydrogen-bond acceptors (Lipinski definition) is 7. The Morgan fingerprint density at radius 1 is 1.20 bits per heavy atom. The summed E-state index contributed by atoms with van der Waals surface area (Å²) in [5, 5.41) is 9.73. The normalized spacial score (nSPS) is 10.7. The molecule has 8 heteroatoms. The van der Waals surface area contributed by atoms with E-state index in [1.165, 1.54) is 20.3 Å². The Morgan fingerprint density at radius 2 is 1.85 bits per heavy atom. The summed E-state index contributed by atoms with van der Waals surface area (Å²) >= 11 is 0. The second kappa shape index (κ2) is 6.18. The average molecular weight is 283 g/mol. The molecule has 0 unspecified atom stereocenters. The number of rotatable bonds is 3. The first-order valence-corrected chi connectivity index (χ1v) is 5.77. The van der Waals surface area contributed by atoms with Gasteiger partial charge in [0.25, 0.3) is 5.88 Å². The summed E-state index contributed by atoms with van der Waals surface area (Å²) in [6.45, 7) is 5.19. The molecule has 0 atom stereocenters. The minimum atomic E-state index is -0.695. The van der Waals surface area contributed by atoms with Crippen LogP contribution in [0.2, 0.25) is 0 Å². The molecule has 0 saturated carbocycles. The third-order valence-corrected chi connectivity index (χ3v) is 1.98. The molecule has 1 N–H and O–H groups in total. The lowest BCUT2D eigenvalue weighted by Crippen LogP contribution is -2.27. The van der Waals surface area contributed by atoms with Crippen LogP contribution in [0.5, 0.6) is 5.88 Å². The van der Waals surface area contributed by atoms with Crippen LogP contribution in [0.15, 0.2) is 6.07 Å². The Balaban J connectivity index is 2.97. The molecular formula is C12H17N3O5. The van der Waals surface area contributed by atoms with E-state index in [4.69, 9.17) is 9.47 Å². The maximum Gasteiger partial charge on any atom is 0.412 e. The molecule has 1 aromatic heterocycles. The average Bonchev–Trinajstić information content (AvgIpc) is 2.35. The fourth-order valence-electron chi connectivity index (χ4n) is 1.24. The Hall–Kier alpha value is -2.38. The van der Waals surface area contributed by atoms with Crippen molar-refractivity contribution in [2.24, 2.45) is 0 Å². The molecule has 1 aromatic rings. The highest BCUT2D eigenvalue weighted by molar-refractivity contribution is 5.91. The number of carbonyl (C=O) groups is 2. The number of esters is 1. The van der Waals surface area contributed by atoms with Crippen molar-refractivity contribution < 1.29 is 23.8 Å². The highest BCUT2D eigenvalue weighted by Crippen LogP contribution is 2.22. The first-order valence-electron chi connectivity index (χ1n) is 5.77. The van der Waals surface area contributed by atoms with E-state index in [1.54, 1.807) is 20.8 Å². The van der Waals surface area contributed by atoms with Crippen LogP contribution in [0, 0.1) is 0 Å². The summed E-state index contributed by atoms with van der Waals surface area (Å²) in [5.74, 6) is -0.615. The number of carbonyl (C=O) groups excluding carboxylic acids is 2. The lowest BCUT2D eigenvalue weighted by atomic mass is 10.2. The van der Waals surface area contributed by atoms with Gasteiger partial charge in [-0.15, -0.1) is 10.2 Å². The van der Waals surface area contributed by atoms with E-state index < -0.39 is 17.7 Å². The fourth-order valence-corrected chi connectivity index (χ4v) is 1.24. The third-order valence-electron chi connectivity index (χ3n) is 1.98. The summed E-state index contributed by atoms with van der Waals surface area (Å²) in [6, 6.07) is 1.29. The van der Waals surface area contributed by atoms with Gasteiger partial charge in [0, 0.05) is 6.07 Å². The first kappa shape index (κ1) is 15.7. The van der Waals surface area contributed by atoms with E-state index in [0.29, 0.717) is 0 Å². The largest absolute Gasteiger partial charge is 0.478 e. The van der Waals surface area contributed by atoms with Crippen LogP contribution in [0.1, 0.15) is 31.3 Å². The number of hydrogen-bond donors (Lipinski definition) is 1. The molecule has 0 aliphatic rings. The van der Waals surface area contributed by atoms with Crippen molar-refractivity contribution in [3.8, 4) is 5.88 Å². The first-order chi connectivity index (χ1) is 9.26. The minimum Gasteiger partial charge on any atom is -0.478 e. The van der Waals surface area contributed by atoms with Crippen molar-refractivity contribution in [3.05, 3.63) is 11.8 Å². The molecule has 0 aliphatic heterocycles. The summed E-state index contributed by atoms with van der Waals surface area (Å²) in [4.78, 5) is 23.1. The van der Waals surface area contributed by atoms with Crippen LogP contribution >= 0.6 is 0 Å². The lowest BCUT2D eigenvalue weighted by Gasteiger charge is -2.20. The van der Waals surface area contributed by atoms with E-state index in [9.17, 15) is 9.59 Å². The van der Waals surface area contributed by atoms with Crippen LogP contribution in [0.3, 0.4) is 0 Å². The second-order valence-corrected chi connectivity index (χ2v) is 4.77. The molecule has 1 rings (SSSR count). The predicted octanol–water partition coefficient (Wildman–Crippen LogP) is 1.62. The topological polar surface area (TPSA) is 99.6 Å². The summed E-state index contributed by atoms with van der Waals surface area (Å²) in [7, 11) is 2.58. The van der Waals surface area contributed by atoms with Crippen LogP contribution in [0.25, 0.3) is 0 Å². The van der Waals surface area contributed by atoms with Gasteiger partial charge in [-0.05, 0) is 20.8 Å². The summed E-state index contributed by atoms with van der Waals surface area (Å²) in [6.07, 6.45) is -0.695. The van der Waals surface area contributed by atoms with Crippen molar-refractivity contribution in [1.29, 1.82) is 0 Å². The van der Waals surface area contributed by atoms with E-state index in [-0.39, 0.29) is 17.3 Å². The SMILES string of the molecule is COC(=O)c1cc(NC(=O)OC(C)(C)C)c(OC)nn1. The van der Waals surface area contributed by atoms with E-state index in [1.807, 2.05) is 0 Å². The van der Waals surface area contributed by atoms with Crippen LogP contribution in [-0.2, 0) is 9.47 Å². The summed E-state index contributed by atoms with van der Waals surface area (Å²) < 4.78 is 14.6. The molecule has 8 nitrogen and oxygen atoms in total. The Kier molecular flexibility index (Phi) is 4.84. The number of nitrogens with zero attached hydrogens (tertiary/aromatic N) is 2. The van der Waals surface area contributed by atoms with Gasteiger partial charge in [-0.2, -0.15) is 0 Å². The highest BCUT2D eigenvalue weighted by Gasteiger charge is 2.20. The highest BCUT2D eigenvalue weighted by atomic mass is 16.6. The van der Waals surface area contributed by atoms with Gasteiger partial charge in [-0.25, -0.2) is 9.59 Å². The van der Waals surface area contributed by atoms with Gasteiger partial charge in [0.15, 0.2) is 5.69 Å². The zero-order valence-electron chi connectivity index (χ0n) is 12.0. The van der Waals surface area contributed by atoms with Gasteiger partial charge in [0.05, 0.1) is 14.2 Å². The van der Waals surface area contributed by atoms with Crippen molar-refractivity contribution in [2.75, 3.05) is 19.5 Å². The Labute approximate surface area is 116 Å². The molecule has 1 heterocycles. The number of nitrogens with one attached hydrogen (secondary N) is 1. The van der Waals surface area contributed by atoms with E-state index >= 15 is 0 Å². The molecule has 0 saturated heterocycles. The molecule has 0 radical (unpaired) electrons. The van der Waals surface area contributed by atoms with Crippen LogP contribution < -0.4 is 10.1 Å². The Bertz CT molecular complexity index is 510. The van der Waals surface area contributed by atoms with Gasteiger partial charge >= 0.3 is 12.1 Å². The lowest BCUT2D eigenvalue weighted by molar-refractivity contribution is 0.0588. The van der Waals surface area contributed by atoms with E-state index in [2.05, 4.69) is 20.3 Å². The molecule has 1 amide bonds. The second-order valence-electron chi connectivity index (χ2n) is 4.77. The smallest absolute Gasteiger partial charge is 0.412 e.